The molecule has 1 aliphatic carbocycles. The van der Waals surface area contributed by atoms with Crippen LogP contribution in [-0.4, -0.2) is 23.7 Å². The molecule has 2 rings (SSSR count). The highest BCUT2D eigenvalue weighted by atomic mass is 19.1. The molecule has 1 aromatic carbocycles. The van der Waals surface area contributed by atoms with Crippen LogP contribution in [0, 0.1) is 17.6 Å². The van der Waals surface area contributed by atoms with Crippen LogP contribution in [0.4, 0.5) is 8.78 Å². The summed E-state index contributed by atoms with van der Waals surface area (Å²) < 4.78 is 26.6. The van der Waals surface area contributed by atoms with Crippen molar-refractivity contribution in [2.24, 2.45) is 5.92 Å². The van der Waals surface area contributed by atoms with Crippen molar-refractivity contribution in [3.8, 4) is 0 Å². The van der Waals surface area contributed by atoms with Crippen LogP contribution in [0.1, 0.15) is 50.5 Å². The maximum absolute atomic E-state index is 13.7. The van der Waals surface area contributed by atoms with E-state index in [4.69, 9.17) is 5.11 Å². The smallest absolute Gasteiger partial charge is 0.220 e. The summed E-state index contributed by atoms with van der Waals surface area (Å²) in [7, 11) is 0. The SMILES string of the molecule is CC(CC(=O)NC1CCC(CO)CC1)c1ccc(F)cc1F. The monoisotopic (exact) mass is 311 g/mol. The lowest BCUT2D eigenvalue weighted by molar-refractivity contribution is -0.122. The Morgan fingerprint density at radius 3 is 2.59 bits per heavy atom. The molecule has 1 aliphatic rings. The number of rotatable bonds is 5. The number of halogens is 2. The Hall–Kier alpha value is -1.49. The quantitative estimate of drug-likeness (QED) is 0.878. The molecule has 2 N–H and O–H groups in total. The van der Waals surface area contributed by atoms with Crippen LogP contribution >= 0.6 is 0 Å². The minimum absolute atomic E-state index is 0.108. The van der Waals surface area contributed by atoms with Gasteiger partial charge in [0.05, 0.1) is 0 Å². The van der Waals surface area contributed by atoms with Crippen LogP contribution in [0.3, 0.4) is 0 Å². The second kappa shape index (κ2) is 7.68. The topological polar surface area (TPSA) is 49.3 Å². The zero-order valence-electron chi connectivity index (χ0n) is 12.8. The van der Waals surface area contributed by atoms with Crippen LogP contribution in [-0.2, 0) is 4.79 Å². The molecule has 1 aromatic rings. The molecule has 1 atom stereocenters. The van der Waals surface area contributed by atoms with Crippen molar-refractivity contribution >= 4 is 5.91 Å². The molecule has 0 bridgehead atoms. The van der Waals surface area contributed by atoms with Crippen molar-refractivity contribution < 1.29 is 18.7 Å². The van der Waals surface area contributed by atoms with Crippen molar-refractivity contribution in [3.63, 3.8) is 0 Å². The Kier molecular flexibility index (Phi) is 5.89. The fraction of sp³-hybridized carbons (Fsp3) is 0.588. The third-order valence-electron chi connectivity index (χ3n) is 4.46. The third kappa shape index (κ3) is 4.50. The van der Waals surface area contributed by atoms with Gasteiger partial charge in [-0.1, -0.05) is 13.0 Å². The number of aliphatic hydroxyl groups excluding tert-OH is 1. The van der Waals surface area contributed by atoms with E-state index >= 15 is 0 Å². The average molecular weight is 311 g/mol. The van der Waals surface area contributed by atoms with Crippen LogP contribution in [0.15, 0.2) is 18.2 Å². The van der Waals surface area contributed by atoms with E-state index < -0.39 is 11.6 Å². The van der Waals surface area contributed by atoms with Crippen LogP contribution in [0.5, 0.6) is 0 Å². The fourth-order valence-electron chi connectivity index (χ4n) is 3.07. The molecule has 22 heavy (non-hydrogen) atoms. The van der Waals surface area contributed by atoms with E-state index in [1.54, 1.807) is 6.92 Å². The van der Waals surface area contributed by atoms with Gasteiger partial charge < -0.3 is 10.4 Å². The average Bonchev–Trinajstić information content (AvgIpc) is 2.47. The maximum atomic E-state index is 13.7. The summed E-state index contributed by atoms with van der Waals surface area (Å²) in [5, 5.41) is 12.1. The molecule has 1 amide bonds. The predicted molar refractivity (Wildman–Crippen MR) is 80.4 cm³/mol. The number of hydrogen-bond donors (Lipinski definition) is 2. The Morgan fingerprint density at radius 1 is 1.32 bits per heavy atom. The Bertz CT molecular complexity index is 513. The van der Waals surface area contributed by atoms with Gasteiger partial charge in [0.2, 0.25) is 5.91 Å². The first-order chi connectivity index (χ1) is 10.5. The third-order valence-corrected chi connectivity index (χ3v) is 4.46. The molecule has 122 valence electrons. The summed E-state index contributed by atoms with van der Waals surface area (Å²) in [4.78, 5) is 12.1. The Balaban J connectivity index is 1.84. The van der Waals surface area contributed by atoms with E-state index in [1.807, 2.05) is 0 Å². The van der Waals surface area contributed by atoms with Gasteiger partial charge in [0, 0.05) is 25.1 Å². The Labute approximate surface area is 129 Å². The normalized spacial score (nSPS) is 23.1. The van der Waals surface area contributed by atoms with Gasteiger partial charge in [0.1, 0.15) is 11.6 Å². The number of benzene rings is 1. The number of nitrogens with one attached hydrogen (secondary N) is 1. The number of carbonyl (C=O) groups is 1. The molecule has 1 saturated carbocycles. The molecule has 3 nitrogen and oxygen atoms in total. The molecule has 0 saturated heterocycles. The van der Waals surface area contributed by atoms with Crippen molar-refractivity contribution in [2.45, 2.75) is 51.0 Å². The summed E-state index contributed by atoms with van der Waals surface area (Å²) in [5.41, 5.74) is 0.362. The molecular formula is C17H23F2NO2. The van der Waals surface area contributed by atoms with Gasteiger partial charge in [-0.05, 0) is 49.1 Å². The number of hydrogen-bond acceptors (Lipinski definition) is 2. The molecule has 0 heterocycles. The van der Waals surface area contributed by atoms with Gasteiger partial charge in [-0.3, -0.25) is 4.79 Å². The molecular weight excluding hydrogens is 288 g/mol. The highest BCUT2D eigenvalue weighted by Gasteiger charge is 2.23. The first-order valence-electron chi connectivity index (χ1n) is 7.84. The second-order valence-corrected chi connectivity index (χ2v) is 6.24. The van der Waals surface area contributed by atoms with E-state index in [2.05, 4.69) is 5.32 Å². The largest absolute Gasteiger partial charge is 0.396 e. The maximum Gasteiger partial charge on any atom is 0.220 e. The van der Waals surface area contributed by atoms with E-state index in [-0.39, 0.29) is 30.9 Å². The molecule has 0 radical (unpaired) electrons. The van der Waals surface area contributed by atoms with Crippen molar-refractivity contribution in [1.82, 2.24) is 5.32 Å². The van der Waals surface area contributed by atoms with Crippen LogP contribution < -0.4 is 5.32 Å². The minimum Gasteiger partial charge on any atom is -0.396 e. The minimum atomic E-state index is -0.612. The summed E-state index contributed by atoms with van der Waals surface area (Å²) >= 11 is 0. The Morgan fingerprint density at radius 2 is 2.00 bits per heavy atom. The molecule has 5 heteroatoms. The predicted octanol–water partition coefficient (Wildman–Crippen LogP) is 3.13. The van der Waals surface area contributed by atoms with Gasteiger partial charge in [0.15, 0.2) is 0 Å². The van der Waals surface area contributed by atoms with Crippen molar-refractivity contribution in [2.75, 3.05) is 6.61 Å². The van der Waals surface area contributed by atoms with Crippen molar-refractivity contribution in [1.29, 1.82) is 0 Å². The summed E-state index contributed by atoms with van der Waals surface area (Å²) in [6.45, 7) is 1.97. The number of aliphatic hydroxyl groups is 1. The first-order valence-corrected chi connectivity index (χ1v) is 7.84. The molecule has 1 fully saturated rings. The zero-order valence-corrected chi connectivity index (χ0v) is 12.8. The van der Waals surface area contributed by atoms with Crippen LogP contribution in [0.2, 0.25) is 0 Å². The molecule has 0 aliphatic heterocycles. The lowest BCUT2D eigenvalue weighted by Gasteiger charge is -2.28. The highest BCUT2D eigenvalue weighted by molar-refractivity contribution is 5.77. The zero-order chi connectivity index (χ0) is 16.1. The van der Waals surface area contributed by atoms with Crippen molar-refractivity contribution in [3.05, 3.63) is 35.4 Å². The highest BCUT2D eigenvalue weighted by Crippen LogP contribution is 2.25. The second-order valence-electron chi connectivity index (χ2n) is 6.24. The number of amides is 1. The summed E-state index contributed by atoms with van der Waals surface area (Å²) in [6.07, 6.45) is 3.77. The fourth-order valence-corrected chi connectivity index (χ4v) is 3.07. The lowest BCUT2D eigenvalue weighted by atomic mass is 9.86. The lowest BCUT2D eigenvalue weighted by Crippen LogP contribution is -2.38. The van der Waals surface area contributed by atoms with Gasteiger partial charge in [-0.15, -0.1) is 0 Å². The van der Waals surface area contributed by atoms with E-state index in [9.17, 15) is 13.6 Å². The summed E-state index contributed by atoms with van der Waals surface area (Å²) in [5.74, 6) is -1.28. The molecule has 0 spiro atoms. The van der Waals surface area contributed by atoms with E-state index in [1.165, 1.54) is 12.1 Å². The summed E-state index contributed by atoms with van der Waals surface area (Å²) in [6, 6.07) is 3.60. The van der Waals surface area contributed by atoms with Crippen LogP contribution in [0.25, 0.3) is 0 Å². The standard InChI is InChI=1S/C17H23F2NO2/c1-11(15-7-4-13(18)9-16(15)19)8-17(22)20-14-5-2-12(10-21)3-6-14/h4,7,9,11-12,14,21H,2-3,5-6,8,10H2,1H3,(H,20,22). The van der Waals surface area contributed by atoms with Gasteiger partial charge >= 0.3 is 0 Å². The van der Waals surface area contributed by atoms with Gasteiger partial charge in [-0.25, -0.2) is 8.78 Å². The number of carbonyl (C=O) groups excluding carboxylic acids is 1. The first kappa shape index (κ1) is 16.9. The molecule has 1 unspecified atom stereocenters. The van der Waals surface area contributed by atoms with E-state index in [0.717, 1.165) is 31.7 Å². The van der Waals surface area contributed by atoms with Gasteiger partial charge in [0.25, 0.3) is 0 Å². The molecule has 0 aromatic heterocycles. The van der Waals surface area contributed by atoms with Gasteiger partial charge in [-0.2, -0.15) is 0 Å². The van der Waals surface area contributed by atoms with E-state index in [0.29, 0.717) is 11.5 Å².